The lowest BCUT2D eigenvalue weighted by molar-refractivity contribution is 0.416. The Bertz CT molecular complexity index is 415. The molecule has 0 radical (unpaired) electrons. The number of hydrogen-bond donors (Lipinski definition) is 3. The molecule has 1 aromatic heterocycles. The summed E-state index contributed by atoms with van der Waals surface area (Å²) in [5.41, 5.74) is 6.90. The van der Waals surface area contributed by atoms with Crippen LogP contribution in [0, 0.1) is 12.3 Å². The zero-order valence-corrected chi connectivity index (χ0v) is 11.5. The molecule has 100 valence electrons. The van der Waals surface area contributed by atoms with Gasteiger partial charge in [-0.1, -0.05) is 0 Å². The lowest BCUT2D eigenvalue weighted by Crippen LogP contribution is -2.29. The molecular formula is C12H22N6. The van der Waals surface area contributed by atoms with Crippen molar-refractivity contribution < 1.29 is 0 Å². The van der Waals surface area contributed by atoms with Gasteiger partial charge >= 0.3 is 0 Å². The van der Waals surface area contributed by atoms with Crippen LogP contribution in [0.3, 0.4) is 0 Å². The van der Waals surface area contributed by atoms with Crippen LogP contribution in [-0.2, 0) is 0 Å². The van der Waals surface area contributed by atoms with Crippen LogP contribution in [0.5, 0.6) is 0 Å². The van der Waals surface area contributed by atoms with Crippen LogP contribution in [-0.4, -0.2) is 50.1 Å². The molecule has 0 unspecified atom stereocenters. The zero-order chi connectivity index (χ0) is 13.7. The van der Waals surface area contributed by atoms with E-state index in [2.05, 4.69) is 20.1 Å². The average Bonchev–Trinajstić information content (AvgIpc) is 2.28. The highest BCUT2D eigenvalue weighted by Gasteiger charge is 2.06. The fraction of sp³-hybridized carbons (Fsp3) is 0.500. The molecule has 1 heterocycles. The summed E-state index contributed by atoms with van der Waals surface area (Å²) >= 11 is 0. The summed E-state index contributed by atoms with van der Waals surface area (Å²) < 4.78 is 0. The fourth-order valence-electron chi connectivity index (χ4n) is 1.50. The Morgan fingerprint density at radius 3 is 2.50 bits per heavy atom. The second-order valence-electron chi connectivity index (χ2n) is 4.57. The first-order chi connectivity index (χ1) is 8.40. The summed E-state index contributed by atoms with van der Waals surface area (Å²) in [5, 5.41) is 9.96. The van der Waals surface area contributed by atoms with Crippen molar-refractivity contribution in [2.45, 2.75) is 6.92 Å². The number of likely N-dealkylation sites (N-methyl/N-ethyl adjacent to an activating group) is 2. The minimum Gasteiger partial charge on any atom is -0.370 e. The summed E-state index contributed by atoms with van der Waals surface area (Å²) in [6, 6.07) is 3.82. The maximum Gasteiger partial charge on any atom is 0.190 e. The van der Waals surface area contributed by atoms with Crippen LogP contribution >= 0.6 is 0 Å². The van der Waals surface area contributed by atoms with Crippen molar-refractivity contribution in [3.8, 4) is 0 Å². The monoisotopic (exact) mass is 250 g/mol. The highest BCUT2D eigenvalue weighted by atomic mass is 15.2. The molecule has 0 aromatic carbocycles. The number of rotatable bonds is 5. The number of aryl methyl sites for hydroxylation is 1. The standard InChI is InChI=1S/C12H22N6/c1-9-10(16-12(13)14)5-6-11(15-9)18(4)8-7-17(2)3/h5-6H,7-8H2,1-4H3,(H4,13,14,16). The van der Waals surface area contributed by atoms with Gasteiger partial charge in [-0.15, -0.1) is 0 Å². The Balaban J connectivity index is 2.73. The summed E-state index contributed by atoms with van der Waals surface area (Å²) in [6.07, 6.45) is 0. The topological polar surface area (TPSA) is 81.3 Å². The molecule has 6 nitrogen and oxygen atoms in total. The van der Waals surface area contributed by atoms with E-state index in [0.29, 0.717) is 0 Å². The Morgan fingerprint density at radius 1 is 1.33 bits per heavy atom. The van der Waals surface area contributed by atoms with E-state index in [1.165, 1.54) is 0 Å². The van der Waals surface area contributed by atoms with Gasteiger partial charge in [0.15, 0.2) is 5.96 Å². The third kappa shape index (κ3) is 4.21. The summed E-state index contributed by atoms with van der Waals surface area (Å²) in [7, 11) is 6.11. The molecule has 0 atom stereocenters. The van der Waals surface area contributed by atoms with Crippen LogP contribution < -0.4 is 16.0 Å². The van der Waals surface area contributed by atoms with E-state index in [-0.39, 0.29) is 5.96 Å². The zero-order valence-electron chi connectivity index (χ0n) is 11.5. The largest absolute Gasteiger partial charge is 0.370 e. The predicted octanol–water partition coefficient (Wildman–Crippen LogP) is 0.693. The van der Waals surface area contributed by atoms with Crippen molar-refractivity contribution in [3.63, 3.8) is 0 Å². The van der Waals surface area contributed by atoms with Gasteiger partial charge < -0.3 is 20.9 Å². The number of anilines is 2. The smallest absolute Gasteiger partial charge is 0.190 e. The van der Waals surface area contributed by atoms with Crippen molar-refractivity contribution in [2.24, 2.45) is 5.73 Å². The Morgan fingerprint density at radius 2 is 2.00 bits per heavy atom. The van der Waals surface area contributed by atoms with Gasteiger partial charge in [0.2, 0.25) is 0 Å². The van der Waals surface area contributed by atoms with E-state index in [0.717, 1.165) is 30.3 Å². The Kier molecular flexibility index (Phi) is 4.91. The summed E-state index contributed by atoms with van der Waals surface area (Å²) in [6.45, 7) is 3.79. The van der Waals surface area contributed by atoms with E-state index in [1.807, 2.05) is 40.2 Å². The number of nitrogens with one attached hydrogen (secondary N) is 2. The number of pyridine rings is 1. The fourth-order valence-corrected chi connectivity index (χ4v) is 1.50. The molecule has 1 rings (SSSR count). The van der Waals surface area contributed by atoms with Crippen molar-refractivity contribution in [2.75, 3.05) is 44.4 Å². The highest BCUT2D eigenvalue weighted by molar-refractivity contribution is 5.90. The van der Waals surface area contributed by atoms with Crippen molar-refractivity contribution in [1.82, 2.24) is 9.88 Å². The number of nitrogens with zero attached hydrogens (tertiary/aromatic N) is 3. The van der Waals surface area contributed by atoms with Gasteiger partial charge in [0.1, 0.15) is 5.82 Å². The minimum absolute atomic E-state index is 0.0754. The van der Waals surface area contributed by atoms with E-state index >= 15 is 0 Å². The van der Waals surface area contributed by atoms with Crippen molar-refractivity contribution >= 4 is 17.5 Å². The third-order valence-corrected chi connectivity index (χ3v) is 2.61. The maximum atomic E-state index is 7.20. The first-order valence-electron chi connectivity index (χ1n) is 5.84. The van der Waals surface area contributed by atoms with E-state index in [9.17, 15) is 0 Å². The van der Waals surface area contributed by atoms with Crippen LogP contribution in [0.25, 0.3) is 0 Å². The van der Waals surface area contributed by atoms with Gasteiger partial charge in [-0.05, 0) is 33.2 Å². The summed E-state index contributed by atoms with van der Waals surface area (Å²) in [4.78, 5) is 8.73. The van der Waals surface area contributed by atoms with Crippen molar-refractivity contribution in [3.05, 3.63) is 17.8 Å². The first kappa shape index (κ1) is 14.2. The minimum atomic E-state index is -0.0754. The third-order valence-electron chi connectivity index (χ3n) is 2.61. The SMILES string of the molecule is Cc1nc(N(C)CCN(C)C)ccc1NC(=N)N. The molecule has 1 aromatic rings. The molecule has 0 fully saturated rings. The molecular weight excluding hydrogens is 228 g/mol. The first-order valence-corrected chi connectivity index (χ1v) is 5.84. The lowest BCUT2D eigenvalue weighted by atomic mass is 10.3. The molecule has 0 spiro atoms. The molecule has 0 aliphatic rings. The average molecular weight is 250 g/mol. The summed E-state index contributed by atoms with van der Waals surface area (Å²) in [5.74, 6) is 0.845. The van der Waals surface area contributed by atoms with E-state index < -0.39 is 0 Å². The molecule has 0 aliphatic carbocycles. The Hall–Kier alpha value is -1.82. The molecule has 0 aliphatic heterocycles. The second kappa shape index (κ2) is 6.20. The van der Waals surface area contributed by atoms with Gasteiger partial charge in [0.25, 0.3) is 0 Å². The number of guanidine groups is 1. The molecule has 0 saturated carbocycles. The molecule has 18 heavy (non-hydrogen) atoms. The molecule has 0 bridgehead atoms. The molecule has 6 heteroatoms. The van der Waals surface area contributed by atoms with Gasteiger partial charge in [-0.3, -0.25) is 5.41 Å². The molecule has 0 saturated heterocycles. The maximum absolute atomic E-state index is 7.20. The normalized spacial score (nSPS) is 10.5. The molecule has 4 N–H and O–H groups in total. The number of hydrogen-bond acceptors (Lipinski definition) is 4. The Labute approximate surface area is 108 Å². The van der Waals surface area contributed by atoms with Gasteiger partial charge in [-0.2, -0.15) is 0 Å². The van der Waals surface area contributed by atoms with Crippen LogP contribution in [0.15, 0.2) is 12.1 Å². The van der Waals surface area contributed by atoms with Gasteiger partial charge in [0, 0.05) is 20.1 Å². The van der Waals surface area contributed by atoms with Crippen LogP contribution in [0.1, 0.15) is 5.69 Å². The van der Waals surface area contributed by atoms with Gasteiger partial charge in [-0.25, -0.2) is 4.98 Å². The number of aromatic nitrogens is 1. The van der Waals surface area contributed by atoms with Crippen LogP contribution in [0.2, 0.25) is 0 Å². The van der Waals surface area contributed by atoms with Gasteiger partial charge in [0.05, 0.1) is 11.4 Å². The second-order valence-corrected chi connectivity index (χ2v) is 4.57. The lowest BCUT2D eigenvalue weighted by Gasteiger charge is -2.21. The van der Waals surface area contributed by atoms with Crippen molar-refractivity contribution in [1.29, 1.82) is 5.41 Å². The predicted molar refractivity (Wildman–Crippen MR) is 76.3 cm³/mol. The van der Waals surface area contributed by atoms with E-state index in [4.69, 9.17) is 11.1 Å². The number of nitrogens with two attached hydrogens (primary N) is 1. The quantitative estimate of drug-likeness (QED) is 0.529. The highest BCUT2D eigenvalue weighted by Crippen LogP contribution is 2.17. The van der Waals surface area contributed by atoms with Crippen LogP contribution in [0.4, 0.5) is 11.5 Å². The molecule has 0 amide bonds. The van der Waals surface area contributed by atoms with E-state index in [1.54, 1.807) is 0 Å².